The van der Waals surface area contributed by atoms with Crippen molar-refractivity contribution in [2.45, 2.75) is 18.9 Å². The van der Waals surface area contributed by atoms with E-state index in [1.54, 1.807) is 0 Å². The third kappa shape index (κ3) is 2.33. The molecule has 2 aromatic carbocycles. The number of nitrogens with zero attached hydrogens (tertiary/aromatic N) is 2. The molecule has 1 unspecified atom stereocenters. The van der Waals surface area contributed by atoms with E-state index in [1.807, 2.05) is 36.4 Å². The molecule has 3 heteroatoms. The third-order valence-corrected chi connectivity index (χ3v) is 3.90. The summed E-state index contributed by atoms with van der Waals surface area (Å²) in [6, 6.07) is 18.6. The Morgan fingerprint density at radius 1 is 1.05 bits per heavy atom. The normalized spacial score (nSPS) is 17.9. The Labute approximate surface area is 119 Å². The summed E-state index contributed by atoms with van der Waals surface area (Å²) in [6.07, 6.45) is 2.35. The van der Waals surface area contributed by atoms with Crippen LogP contribution in [0, 0.1) is 11.3 Å². The molecule has 0 aliphatic carbocycles. The van der Waals surface area contributed by atoms with E-state index in [0.29, 0.717) is 11.6 Å². The molecule has 1 atom stereocenters. The van der Waals surface area contributed by atoms with Gasteiger partial charge < -0.3 is 10.6 Å². The van der Waals surface area contributed by atoms with Gasteiger partial charge in [0.05, 0.1) is 17.7 Å². The lowest BCUT2D eigenvalue weighted by Crippen LogP contribution is -2.22. The van der Waals surface area contributed by atoms with Gasteiger partial charge in [-0.25, -0.2) is 0 Å². The van der Waals surface area contributed by atoms with Crippen molar-refractivity contribution in [2.75, 3.05) is 17.2 Å². The Hall–Kier alpha value is -2.47. The highest BCUT2D eigenvalue weighted by Crippen LogP contribution is 2.36. The summed E-state index contributed by atoms with van der Waals surface area (Å²) in [4.78, 5) is 2.41. The second kappa shape index (κ2) is 5.26. The minimum atomic E-state index is 0.406. The van der Waals surface area contributed by atoms with Gasteiger partial charge in [-0.15, -0.1) is 0 Å². The summed E-state index contributed by atoms with van der Waals surface area (Å²) in [5, 5.41) is 8.87. The summed E-state index contributed by atoms with van der Waals surface area (Å²) >= 11 is 0. The molecular weight excluding hydrogens is 246 g/mol. The Morgan fingerprint density at radius 2 is 1.75 bits per heavy atom. The molecule has 2 aromatic rings. The highest BCUT2D eigenvalue weighted by Gasteiger charge is 2.25. The number of nitriles is 1. The van der Waals surface area contributed by atoms with E-state index in [-0.39, 0.29) is 0 Å². The number of benzene rings is 2. The molecule has 0 saturated carbocycles. The zero-order valence-electron chi connectivity index (χ0n) is 11.3. The van der Waals surface area contributed by atoms with Gasteiger partial charge in [-0.1, -0.05) is 12.1 Å². The van der Waals surface area contributed by atoms with Gasteiger partial charge in [0.1, 0.15) is 0 Å². The molecular formula is C17H17N3. The largest absolute Gasteiger partial charge is 0.399 e. The van der Waals surface area contributed by atoms with Crippen LogP contribution < -0.4 is 10.6 Å². The van der Waals surface area contributed by atoms with E-state index in [2.05, 4.69) is 23.1 Å². The van der Waals surface area contributed by atoms with Crippen molar-refractivity contribution >= 4 is 11.4 Å². The number of nitrogen functional groups attached to an aromatic ring is 1. The van der Waals surface area contributed by atoms with Crippen molar-refractivity contribution in [3.8, 4) is 6.07 Å². The van der Waals surface area contributed by atoms with Crippen molar-refractivity contribution in [1.29, 1.82) is 5.26 Å². The number of nitrogens with two attached hydrogens (primary N) is 1. The van der Waals surface area contributed by atoms with Gasteiger partial charge in [0, 0.05) is 17.9 Å². The van der Waals surface area contributed by atoms with Crippen LogP contribution in [0.2, 0.25) is 0 Å². The molecule has 100 valence electrons. The van der Waals surface area contributed by atoms with Crippen molar-refractivity contribution in [2.24, 2.45) is 0 Å². The standard InChI is InChI=1S/C17H17N3/c18-12-13-3-9-16(10-4-13)20-11-1-2-17(20)14-5-7-15(19)8-6-14/h3-10,17H,1-2,11,19H2. The number of rotatable bonds is 2. The van der Waals surface area contributed by atoms with Crippen molar-refractivity contribution in [1.82, 2.24) is 0 Å². The maximum atomic E-state index is 8.87. The molecule has 0 spiro atoms. The van der Waals surface area contributed by atoms with Gasteiger partial charge in [0.25, 0.3) is 0 Å². The summed E-state index contributed by atoms with van der Waals surface area (Å²) < 4.78 is 0. The van der Waals surface area contributed by atoms with Crippen LogP contribution in [0.1, 0.15) is 30.0 Å². The number of hydrogen-bond acceptors (Lipinski definition) is 3. The first-order chi connectivity index (χ1) is 9.78. The van der Waals surface area contributed by atoms with Gasteiger partial charge in [0.15, 0.2) is 0 Å². The third-order valence-electron chi connectivity index (χ3n) is 3.90. The van der Waals surface area contributed by atoms with Crippen LogP contribution in [-0.2, 0) is 0 Å². The molecule has 20 heavy (non-hydrogen) atoms. The van der Waals surface area contributed by atoms with Crippen molar-refractivity contribution in [3.05, 3.63) is 59.7 Å². The first-order valence-corrected chi connectivity index (χ1v) is 6.90. The van der Waals surface area contributed by atoms with E-state index in [1.165, 1.54) is 17.7 Å². The monoisotopic (exact) mass is 263 g/mol. The summed E-state index contributed by atoms with van der Waals surface area (Å²) in [6.45, 7) is 1.06. The summed E-state index contributed by atoms with van der Waals surface area (Å²) in [5.74, 6) is 0. The molecule has 3 rings (SSSR count). The Balaban J connectivity index is 1.88. The summed E-state index contributed by atoms with van der Waals surface area (Å²) in [7, 11) is 0. The quantitative estimate of drug-likeness (QED) is 0.844. The fraction of sp³-hybridized carbons (Fsp3) is 0.235. The van der Waals surface area contributed by atoms with Crippen LogP contribution in [0.5, 0.6) is 0 Å². The van der Waals surface area contributed by atoms with Crippen molar-refractivity contribution < 1.29 is 0 Å². The molecule has 0 aromatic heterocycles. The molecule has 0 bridgehead atoms. The van der Waals surface area contributed by atoms with Crippen LogP contribution in [0.3, 0.4) is 0 Å². The molecule has 1 saturated heterocycles. The lowest BCUT2D eigenvalue weighted by molar-refractivity contribution is 0.719. The fourth-order valence-electron chi connectivity index (χ4n) is 2.87. The molecule has 1 heterocycles. The van der Waals surface area contributed by atoms with Crippen molar-refractivity contribution in [3.63, 3.8) is 0 Å². The van der Waals surface area contributed by atoms with Gasteiger partial charge in [0.2, 0.25) is 0 Å². The van der Waals surface area contributed by atoms with E-state index in [4.69, 9.17) is 11.0 Å². The Bertz CT molecular complexity index is 623. The van der Waals surface area contributed by atoms with E-state index in [0.717, 1.165) is 18.7 Å². The second-order valence-electron chi connectivity index (χ2n) is 5.18. The maximum absolute atomic E-state index is 8.87. The van der Waals surface area contributed by atoms with Gasteiger partial charge in [-0.05, 0) is 54.8 Å². The first kappa shape index (κ1) is 12.6. The second-order valence-corrected chi connectivity index (χ2v) is 5.18. The molecule has 2 N–H and O–H groups in total. The zero-order valence-corrected chi connectivity index (χ0v) is 11.3. The van der Waals surface area contributed by atoms with Crippen LogP contribution in [0.15, 0.2) is 48.5 Å². The highest BCUT2D eigenvalue weighted by molar-refractivity contribution is 5.53. The number of hydrogen-bond donors (Lipinski definition) is 1. The van der Waals surface area contributed by atoms with E-state index in [9.17, 15) is 0 Å². The van der Waals surface area contributed by atoms with E-state index < -0.39 is 0 Å². The molecule has 1 fully saturated rings. The van der Waals surface area contributed by atoms with E-state index >= 15 is 0 Å². The first-order valence-electron chi connectivity index (χ1n) is 6.90. The molecule has 3 nitrogen and oxygen atoms in total. The lowest BCUT2D eigenvalue weighted by atomic mass is 10.0. The van der Waals surface area contributed by atoms with Crippen LogP contribution >= 0.6 is 0 Å². The predicted octanol–water partition coefficient (Wildman–Crippen LogP) is 3.48. The van der Waals surface area contributed by atoms with Gasteiger partial charge in [-0.2, -0.15) is 5.26 Å². The topological polar surface area (TPSA) is 53.0 Å². The summed E-state index contributed by atoms with van der Waals surface area (Å²) in [5.41, 5.74) is 9.76. The van der Waals surface area contributed by atoms with Crippen LogP contribution in [0.25, 0.3) is 0 Å². The molecule has 1 aliphatic rings. The highest BCUT2D eigenvalue weighted by atomic mass is 15.2. The Kier molecular flexibility index (Phi) is 3.30. The van der Waals surface area contributed by atoms with Crippen LogP contribution in [0.4, 0.5) is 11.4 Å². The van der Waals surface area contributed by atoms with Crippen LogP contribution in [-0.4, -0.2) is 6.54 Å². The smallest absolute Gasteiger partial charge is 0.0991 e. The number of anilines is 2. The van der Waals surface area contributed by atoms with Gasteiger partial charge in [-0.3, -0.25) is 0 Å². The predicted molar refractivity (Wildman–Crippen MR) is 81.3 cm³/mol. The zero-order chi connectivity index (χ0) is 13.9. The maximum Gasteiger partial charge on any atom is 0.0991 e. The molecule has 1 aliphatic heterocycles. The SMILES string of the molecule is N#Cc1ccc(N2CCCC2c2ccc(N)cc2)cc1. The average Bonchev–Trinajstić information content (AvgIpc) is 2.97. The van der Waals surface area contributed by atoms with Gasteiger partial charge >= 0.3 is 0 Å². The lowest BCUT2D eigenvalue weighted by Gasteiger charge is -2.27. The molecule has 0 radical (unpaired) electrons. The molecule has 0 amide bonds. The Morgan fingerprint density at radius 3 is 2.40 bits per heavy atom. The minimum absolute atomic E-state index is 0.406. The average molecular weight is 263 g/mol. The fourth-order valence-corrected chi connectivity index (χ4v) is 2.87. The minimum Gasteiger partial charge on any atom is -0.399 e.